The van der Waals surface area contributed by atoms with E-state index in [1.54, 1.807) is 13.0 Å². The van der Waals surface area contributed by atoms with Crippen molar-refractivity contribution in [3.63, 3.8) is 0 Å². The fourth-order valence-electron chi connectivity index (χ4n) is 1.67. The van der Waals surface area contributed by atoms with E-state index >= 15 is 0 Å². The number of amides is 2. The number of imide groups is 1. The van der Waals surface area contributed by atoms with Gasteiger partial charge in [-0.15, -0.1) is 0 Å². The second kappa shape index (κ2) is 4.96. The minimum Gasteiger partial charge on any atom is -0.447 e. The zero-order valence-corrected chi connectivity index (χ0v) is 9.40. The summed E-state index contributed by atoms with van der Waals surface area (Å²) in [6.45, 7) is 6.18. The molecule has 0 bridgehead atoms. The molecule has 0 aromatic heterocycles. The molecule has 2 amide bonds. The van der Waals surface area contributed by atoms with Crippen molar-refractivity contribution in [1.29, 1.82) is 0 Å². The largest absolute Gasteiger partial charge is 0.447 e. The van der Waals surface area contributed by atoms with Crippen LogP contribution < -0.4 is 0 Å². The van der Waals surface area contributed by atoms with Gasteiger partial charge in [0, 0.05) is 0 Å². The van der Waals surface area contributed by atoms with Gasteiger partial charge in [0.25, 0.3) is 5.91 Å². The van der Waals surface area contributed by atoms with E-state index < -0.39 is 6.09 Å². The monoisotopic (exact) mass is 211 g/mol. The molecule has 15 heavy (non-hydrogen) atoms. The van der Waals surface area contributed by atoms with Crippen molar-refractivity contribution >= 4 is 12.0 Å². The maximum atomic E-state index is 11.6. The number of hydrogen-bond acceptors (Lipinski definition) is 3. The Balaban J connectivity index is 2.72. The number of hydrogen-bond donors (Lipinski definition) is 0. The first-order chi connectivity index (χ1) is 7.06. The third-order valence-electron chi connectivity index (χ3n) is 2.25. The van der Waals surface area contributed by atoms with Gasteiger partial charge in [-0.05, 0) is 25.3 Å². The van der Waals surface area contributed by atoms with Crippen LogP contribution >= 0.6 is 0 Å². The molecule has 0 unspecified atom stereocenters. The normalized spacial score (nSPS) is 21.5. The minimum atomic E-state index is -0.524. The molecule has 0 aliphatic carbocycles. The SMILES string of the molecule is C/C=C/C(=O)N1C(=O)OC[C@@H]1CC(C)C. The lowest BCUT2D eigenvalue weighted by molar-refractivity contribution is -0.124. The second-order valence-electron chi connectivity index (χ2n) is 4.07. The molecule has 0 radical (unpaired) electrons. The molecule has 1 fully saturated rings. The number of ether oxygens (including phenoxy) is 1. The van der Waals surface area contributed by atoms with Gasteiger partial charge in [0.1, 0.15) is 6.61 Å². The zero-order valence-electron chi connectivity index (χ0n) is 9.40. The van der Waals surface area contributed by atoms with E-state index in [4.69, 9.17) is 4.74 Å². The van der Waals surface area contributed by atoms with Crippen LogP contribution in [-0.2, 0) is 9.53 Å². The molecule has 1 heterocycles. The number of rotatable bonds is 3. The summed E-state index contributed by atoms with van der Waals surface area (Å²) < 4.78 is 4.88. The van der Waals surface area contributed by atoms with Gasteiger partial charge in [-0.2, -0.15) is 0 Å². The van der Waals surface area contributed by atoms with Crippen LogP contribution in [0.5, 0.6) is 0 Å². The van der Waals surface area contributed by atoms with Crippen LogP contribution in [0.2, 0.25) is 0 Å². The van der Waals surface area contributed by atoms with Gasteiger partial charge in [0.15, 0.2) is 0 Å². The van der Waals surface area contributed by atoms with Crippen LogP contribution in [0.3, 0.4) is 0 Å². The summed E-state index contributed by atoms with van der Waals surface area (Å²) in [4.78, 5) is 24.1. The van der Waals surface area contributed by atoms with E-state index in [0.29, 0.717) is 12.5 Å². The molecule has 0 spiro atoms. The van der Waals surface area contributed by atoms with Crippen molar-refractivity contribution < 1.29 is 14.3 Å². The zero-order chi connectivity index (χ0) is 11.4. The maximum Gasteiger partial charge on any atom is 0.417 e. The van der Waals surface area contributed by atoms with E-state index in [2.05, 4.69) is 13.8 Å². The molecule has 0 aromatic rings. The molecular formula is C11H17NO3. The van der Waals surface area contributed by atoms with Gasteiger partial charge in [0.05, 0.1) is 6.04 Å². The topological polar surface area (TPSA) is 46.6 Å². The highest BCUT2D eigenvalue weighted by Crippen LogP contribution is 2.19. The average molecular weight is 211 g/mol. The average Bonchev–Trinajstić information content (AvgIpc) is 2.46. The van der Waals surface area contributed by atoms with Gasteiger partial charge < -0.3 is 4.74 Å². The first kappa shape index (κ1) is 11.8. The maximum absolute atomic E-state index is 11.6. The summed E-state index contributed by atoms with van der Waals surface area (Å²) in [6, 6.07) is -0.110. The van der Waals surface area contributed by atoms with Crippen molar-refractivity contribution in [3.8, 4) is 0 Å². The smallest absolute Gasteiger partial charge is 0.417 e. The first-order valence-electron chi connectivity index (χ1n) is 5.19. The van der Waals surface area contributed by atoms with E-state index in [9.17, 15) is 9.59 Å². The van der Waals surface area contributed by atoms with Crippen molar-refractivity contribution in [2.45, 2.75) is 33.2 Å². The lowest BCUT2D eigenvalue weighted by Crippen LogP contribution is -2.38. The van der Waals surface area contributed by atoms with Gasteiger partial charge in [-0.1, -0.05) is 19.9 Å². The Morgan fingerprint density at radius 3 is 2.87 bits per heavy atom. The van der Waals surface area contributed by atoms with Crippen molar-refractivity contribution in [2.24, 2.45) is 5.92 Å². The Morgan fingerprint density at radius 1 is 1.67 bits per heavy atom. The Labute approximate surface area is 89.9 Å². The number of carbonyl (C=O) groups excluding carboxylic acids is 2. The number of allylic oxidation sites excluding steroid dienone is 1. The second-order valence-corrected chi connectivity index (χ2v) is 4.07. The molecule has 0 aromatic carbocycles. The summed E-state index contributed by atoms with van der Waals surface area (Å²) in [7, 11) is 0. The van der Waals surface area contributed by atoms with Crippen molar-refractivity contribution in [2.75, 3.05) is 6.61 Å². The quantitative estimate of drug-likeness (QED) is 0.670. The Morgan fingerprint density at radius 2 is 2.33 bits per heavy atom. The van der Waals surface area contributed by atoms with E-state index in [-0.39, 0.29) is 11.9 Å². The number of carbonyl (C=O) groups is 2. The van der Waals surface area contributed by atoms with E-state index in [1.165, 1.54) is 11.0 Å². The Kier molecular flexibility index (Phi) is 3.88. The summed E-state index contributed by atoms with van der Waals surface area (Å²) in [5, 5.41) is 0. The molecule has 1 saturated heterocycles. The third kappa shape index (κ3) is 2.81. The fraction of sp³-hybridized carbons (Fsp3) is 0.636. The lowest BCUT2D eigenvalue weighted by Gasteiger charge is -2.19. The van der Waals surface area contributed by atoms with E-state index in [1.807, 2.05) is 0 Å². The van der Waals surface area contributed by atoms with Crippen LogP contribution in [0.1, 0.15) is 27.2 Å². The molecule has 84 valence electrons. The molecule has 0 N–H and O–H groups in total. The highest BCUT2D eigenvalue weighted by Gasteiger charge is 2.36. The van der Waals surface area contributed by atoms with Crippen LogP contribution in [0.25, 0.3) is 0 Å². The molecule has 0 saturated carbocycles. The van der Waals surface area contributed by atoms with Gasteiger partial charge in [-0.25, -0.2) is 9.69 Å². The van der Waals surface area contributed by atoms with Crippen molar-refractivity contribution in [1.82, 2.24) is 4.90 Å². The molecular weight excluding hydrogens is 194 g/mol. The molecule has 1 rings (SSSR count). The Hall–Kier alpha value is -1.32. The third-order valence-corrected chi connectivity index (χ3v) is 2.25. The van der Waals surface area contributed by atoms with E-state index in [0.717, 1.165) is 6.42 Å². The minimum absolute atomic E-state index is 0.110. The van der Waals surface area contributed by atoms with Crippen molar-refractivity contribution in [3.05, 3.63) is 12.2 Å². The van der Waals surface area contributed by atoms with Gasteiger partial charge in [0.2, 0.25) is 0 Å². The predicted octanol–water partition coefficient (Wildman–Crippen LogP) is 1.96. The summed E-state index contributed by atoms with van der Waals surface area (Å²) in [5.74, 6) is 0.149. The summed E-state index contributed by atoms with van der Waals surface area (Å²) in [5.41, 5.74) is 0. The van der Waals surface area contributed by atoms with Crippen LogP contribution in [-0.4, -0.2) is 29.5 Å². The van der Waals surface area contributed by atoms with Crippen LogP contribution in [0, 0.1) is 5.92 Å². The molecule has 1 aliphatic heterocycles. The summed E-state index contributed by atoms with van der Waals surface area (Å²) >= 11 is 0. The van der Waals surface area contributed by atoms with Gasteiger partial charge >= 0.3 is 6.09 Å². The lowest BCUT2D eigenvalue weighted by atomic mass is 10.0. The highest BCUT2D eigenvalue weighted by molar-refractivity contribution is 5.99. The fourth-order valence-corrected chi connectivity index (χ4v) is 1.67. The molecule has 1 atom stereocenters. The number of nitrogens with zero attached hydrogens (tertiary/aromatic N) is 1. The van der Waals surface area contributed by atoms with Crippen LogP contribution in [0.15, 0.2) is 12.2 Å². The predicted molar refractivity (Wildman–Crippen MR) is 56.3 cm³/mol. The Bertz CT molecular complexity index is 284. The summed E-state index contributed by atoms with van der Waals surface area (Å²) in [6.07, 6.45) is 3.28. The van der Waals surface area contributed by atoms with Gasteiger partial charge in [-0.3, -0.25) is 4.79 Å². The molecule has 4 nitrogen and oxygen atoms in total. The highest BCUT2D eigenvalue weighted by atomic mass is 16.6. The first-order valence-corrected chi connectivity index (χ1v) is 5.19. The van der Waals surface area contributed by atoms with Crippen LogP contribution in [0.4, 0.5) is 4.79 Å². The molecule has 4 heteroatoms. The number of cyclic esters (lactones) is 1. The molecule has 1 aliphatic rings. The standard InChI is InChI=1S/C11H17NO3/c1-4-5-10(13)12-9(6-8(2)3)7-15-11(12)14/h4-5,8-9H,6-7H2,1-3H3/b5-4+/t9-/m0/s1.